The molecule has 4 heterocycles. The van der Waals surface area contributed by atoms with Crippen LogP contribution in [0.5, 0.6) is 5.75 Å². The Labute approximate surface area is 238 Å². The number of piperidine rings is 3. The lowest BCUT2D eigenvalue weighted by Gasteiger charge is -2.52. The fraction of sp³-hybridized carbons (Fsp3) is 0.379. The number of anilines is 1. The molecule has 3 aliphatic heterocycles. The average molecular weight is 595 g/mol. The molecule has 218 valence electrons. The van der Waals surface area contributed by atoms with Crippen molar-refractivity contribution in [3.05, 3.63) is 78.0 Å². The molecule has 5 atom stereocenters. The molecule has 0 radical (unpaired) electrons. The predicted octanol–water partition coefficient (Wildman–Crippen LogP) is 7.21. The summed E-state index contributed by atoms with van der Waals surface area (Å²) >= 11 is 5.50. The van der Waals surface area contributed by atoms with Crippen LogP contribution in [-0.4, -0.2) is 41.2 Å². The van der Waals surface area contributed by atoms with Crippen molar-refractivity contribution in [3.8, 4) is 5.75 Å². The monoisotopic (exact) mass is 594 g/mol. The number of ether oxygens (including phenoxy) is 1. The van der Waals surface area contributed by atoms with Gasteiger partial charge in [-0.2, -0.15) is 26.3 Å². The van der Waals surface area contributed by atoms with Crippen molar-refractivity contribution in [1.29, 1.82) is 0 Å². The van der Waals surface area contributed by atoms with Crippen molar-refractivity contribution in [3.63, 3.8) is 0 Å². The molecule has 2 bridgehead atoms. The van der Waals surface area contributed by atoms with Crippen LogP contribution in [0.25, 0.3) is 10.9 Å². The second kappa shape index (κ2) is 11.1. The molecular formula is C29H28F6N4OS. The third-order valence-electron chi connectivity index (χ3n) is 7.99. The molecule has 3 fully saturated rings. The Morgan fingerprint density at radius 3 is 2.39 bits per heavy atom. The minimum atomic E-state index is -4.97. The maximum atomic E-state index is 13.4. The van der Waals surface area contributed by atoms with Gasteiger partial charge in [-0.3, -0.25) is 9.88 Å². The van der Waals surface area contributed by atoms with Crippen LogP contribution in [-0.2, 0) is 12.4 Å². The van der Waals surface area contributed by atoms with E-state index in [0.29, 0.717) is 35.2 Å². The summed E-state index contributed by atoms with van der Waals surface area (Å²) in [4.78, 5) is 6.80. The fourth-order valence-electron chi connectivity index (χ4n) is 5.99. The number of rotatable bonds is 6. The number of halogens is 6. The Hall–Kier alpha value is -3.38. The van der Waals surface area contributed by atoms with Gasteiger partial charge in [-0.15, -0.1) is 6.58 Å². The van der Waals surface area contributed by atoms with Gasteiger partial charge in [0.1, 0.15) is 5.75 Å². The molecule has 12 heteroatoms. The number of benzene rings is 2. The molecule has 0 amide bonds. The third-order valence-corrected chi connectivity index (χ3v) is 8.21. The topological polar surface area (TPSA) is 49.4 Å². The number of thiocarbonyl (C=S) groups is 1. The number of hydrogen-bond acceptors (Lipinski definition) is 4. The van der Waals surface area contributed by atoms with E-state index in [1.165, 1.54) is 0 Å². The van der Waals surface area contributed by atoms with Crippen molar-refractivity contribution in [1.82, 2.24) is 15.2 Å². The van der Waals surface area contributed by atoms with E-state index < -0.39 is 35.2 Å². The second-order valence-corrected chi connectivity index (χ2v) is 10.8. The number of alkyl halides is 6. The Morgan fingerprint density at radius 1 is 1.10 bits per heavy atom. The van der Waals surface area contributed by atoms with Crippen molar-refractivity contribution in [2.24, 2.45) is 11.8 Å². The highest BCUT2D eigenvalue weighted by Crippen LogP contribution is 2.43. The summed E-state index contributed by atoms with van der Waals surface area (Å²) in [6.45, 7) is 5.63. The predicted molar refractivity (Wildman–Crippen MR) is 149 cm³/mol. The number of nitrogens with one attached hydrogen (secondary N) is 2. The third kappa shape index (κ3) is 6.13. The van der Waals surface area contributed by atoms with Gasteiger partial charge in [0.2, 0.25) is 0 Å². The van der Waals surface area contributed by atoms with E-state index in [0.717, 1.165) is 36.9 Å². The first-order chi connectivity index (χ1) is 19.4. The molecule has 0 saturated carbocycles. The lowest BCUT2D eigenvalue weighted by atomic mass is 9.73. The molecule has 3 aromatic rings. The zero-order valence-electron chi connectivity index (χ0n) is 22.0. The van der Waals surface area contributed by atoms with Crippen LogP contribution < -0.4 is 15.4 Å². The van der Waals surface area contributed by atoms with Crippen LogP contribution in [0.3, 0.4) is 0 Å². The maximum absolute atomic E-state index is 13.4. The first-order valence-electron chi connectivity index (χ1n) is 13.0. The van der Waals surface area contributed by atoms with Gasteiger partial charge in [0.15, 0.2) is 5.11 Å². The molecule has 2 unspecified atom stereocenters. The van der Waals surface area contributed by atoms with E-state index in [1.807, 2.05) is 24.3 Å². The minimum Gasteiger partial charge on any atom is -0.497 e. The SMILES string of the molecule is C=C[C@H]1CN2CC[C@H]1CC2[C@H](NC(=S)Nc1cc(C(F)(F)F)cc(C(F)(F)F)c1)c1ccnc2ccc(OC)cc12. The number of nitrogens with zero attached hydrogens (tertiary/aromatic N) is 2. The van der Waals surface area contributed by atoms with Gasteiger partial charge in [0.25, 0.3) is 0 Å². The normalized spacial score (nSPS) is 23.2. The van der Waals surface area contributed by atoms with Crippen LogP contribution in [0, 0.1) is 11.8 Å². The summed E-state index contributed by atoms with van der Waals surface area (Å²) in [5.74, 6) is 1.35. The van der Waals surface area contributed by atoms with Gasteiger partial charge < -0.3 is 15.4 Å². The standard InChI is InChI=1S/C29H28F6N4OS/c1-3-16-15-39-9-7-17(16)10-25(39)26(22-6-8-36-24-5-4-21(40-2)14-23(22)24)38-27(41)37-20-12-18(28(30,31)32)11-19(13-20)29(33,34)35/h3-6,8,11-14,16-17,25-26H,1,7,9-10,15H2,2H3,(H2,37,38,41)/t16-,17-,25?,26+/m0/s1. The van der Waals surface area contributed by atoms with Crippen LogP contribution in [0.2, 0.25) is 0 Å². The number of pyridine rings is 1. The van der Waals surface area contributed by atoms with E-state index in [4.69, 9.17) is 17.0 Å². The van der Waals surface area contributed by atoms with Gasteiger partial charge in [0.05, 0.1) is 29.8 Å². The Balaban J connectivity index is 1.51. The molecule has 3 saturated heterocycles. The van der Waals surface area contributed by atoms with E-state index in [2.05, 4.69) is 27.1 Å². The van der Waals surface area contributed by atoms with Crippen molar-refractivity contribution in [2.45, 2.75) is 37.3 Å². The molecule has 6 rings (SSSR count). The van der Waals surface area contributed by atoms with E-state index in [-0.39, 0.29) is 17.2 Å². The first kappa shape index (κ1) is 29.1. The van der Waals surface area contributed by atoms with Crippen LogP contribution in [0.15, 0.2) is 61.3 Å². The highest BCUT2D eigenvalue weighted by Gasteiger charge is 2.43. The smallest absolute Gasteiger partial charge is 0.416 e. The highest BCUT2D eigenvalue weighted by atomic mass is 32.1. The summed E-state index contributed by atoms with van der Waals surface area (Å²) < 4.78 is 86.0. The highest BCUT2D eigenvalue weighted by molar-refractivity contribution is 7.80. The lowest BCUT2D eigenvalue weighted by molar-refractivity contribution is -0.143. The molecule has 0 spiro atoms. The summed E-state index contributed by atoms with van der Waals surface area (Å²) in [5, 5.41) is 6.52. The van der Waals surface area contributed by atoms with Crippen LogP contribution >= 0.6 is 12.2 Å². The van der Waals surface area contributed by atoms with E-state index in [1.54, 1.807) is 19.4 Å². The lowest BCUT2D eigenvalue weighted by Crippen LogP contribution is -2.57. The molecule has 3 aliphatic rings. The number of hydrogen-bond donors (Lipinski definition) is 2. The van der Waals surface area contributed by atoms with Crippen molar-refractivity contribution >= 4 is 33.9 Å². The summed E-state index contributed by atoms with van der Waals surface area (Å²) in [6.07, 6.45) is -4.48. The van der Waals surface area contributed by atoms with Gasteiger partial charge in [-0.25, -0.2) is 0 Å². The molecule has 2 aromatic carbocycles. The summed E-state index contributed by atoms with van der Waals surface area (Å²) in [7, 11) is 1.55. The first-order valence-corrected chi connectivity index (χ1v) is 13.4. The zero-order valence-corrected chi connectivity index (χ0v) is 22.8. The maximum Gasteiger partial charge on any atom is 0.416 e. The van der Waals surface area contributed by atoms with Gasteiger partial charge in [-0.05, 0) is 91.5 Å². The van der Waals surface area contributed by atoms with Crippen molar-refractivity contribution < 1.29 is 31.1 Å². The zero-order chi connectivity index (χ0) is 29.5. The van der Waals surface area contributed by atoms with E-state index in [9.17, 15) is 26.3 Å². The molecule has 5 nitrogen and oxygen atoms in total. The van der Waals surface area contributed by atoms with Gasteiger partial charge in [-0.1, -0.05) is 6.08 Å². The van der Waals surface area contributed by atoms with Crippen molar-refractivity contribution in [2.75, 3.05) is 25.5 Å². The molecule has 41 heavy (non-hydrogen) atoms. The second-order valence-electron chi connectivity index (χ2n) is 10.4. The number of fused-ring (bicyclic) bond motifs is 4. The largest absolute Gasteiger partial charge is 0.497 e. The quantitative estimate of drug-likeness (QED) is 0.179. The Bertz CT molecular complexity index is 1430. The Morgan fingerprint density at radius 2 is 1.80 bits per heavy atom. The number of aromatic nitrogens is 1. The molecule has 0 aliphatic carbocycles. The molecular weight excluding hydrogens is 566 g/mol. The molecule has 2 N–H and O–H groups in total. The Kier molecular flexibility index (Phi) is 7.90. The average Bonchev–Trinajstić information content (AvgIpc) is 2.94. The summed E-state index contributed by atoms with van der Waals surface area (Å²) in [5.41, 5.74) is -1.71. The molecule has 1 aromatic heterocycles. The van der Waals surface area contributed by atoms with Gasteiger partial charge >= 0.3 is 12.4 Å². The fourth-order valence-corrected chi connectivity index (χ4v) is 6.23. The van der Waals surface area contributed by atoms with Gasteiger partial charge in [0, 0.05) is 29.9 Å². The minimum absolute atomic E-state index is 0.0475. The summed E-state index contributed by atoms with van der Waals surface area (Å²) in [6, 6.07) is 8.15. The van der Waals surface area contributed by atoms with Crippen LogP contribution in [0.4, 0.5) is 32.0 Å². The van der Waals surface area contributed by atoms with E-state index >= 15 is 0 Å². The number of methoxy groups -OCH3 is 1. The van der Waals surface area contributed by atoms with Crippen LogP contribution in [0.1, 0.15) is 35.6 Å².